The van der Waals surface area contributed by atoms with Crippen molar-refractivity contribution in [1.82, 2.24) is 15.1 Å². The van der Waals surface area contributed by atoms with E-state index in [9.17, 15) is 14.7 Å². The number of aliphatic hydroxyl groups excluding tert-OH is 1. The average Bonchev–Trinajstić information content (AvgIpc) is 3.15. The van der Waals surface area contributed by atoms with Crippen molar-refractivity contribution in [3.05, 3.63) is 30.3 Å². The summed E-state index contributed by atoms with van der Waals surface area (Å²) in [6.07, 6.45) is 1.52. The Morgan fingerprint density at radius 2 is 1.93 bits per heavy atom. The van der Waals surface area contributed by atoms with E-state index in [0.29, 0.717) is 45.0 Å². The van der Waals surface area contributed by atoms with Gasteiger partial charge in [-0.2, -0.15) is 0 Å². The number of para-hydroxylation sites is 1. The molecule has 0 saturated carbocycles. The summed E-state index contributed by atoms with van der Waals surface area (Å²) < 4.78 is 10.5. The van der Waals surface area contributed by atoms with Crippen LogP contribution in [0.25, 0.3) is 0 Å². The van der Waals surface area contributed by atoms with E-state index in [-0.39, 0.29) is 30.5 Å². The van der Waals surface area contributed by atoms with Crippen molar-refractivity contribution < 1.29 is 24.2 Å². The predicted molar refractivity (Wildman–Crippen MR) is 108 cm³/mol. The molecule has 2 fully saturated rings. The third kappa shape index (κ3) is 5.91. The number of piperidine rings is 1. The first-order chi connectivity index (χ1) is 14.1. The number of rotatable bonds is 8. The number of ether oxygens (including phenoxy) is 2. The molecular weight excluding hydrogens is 374 g/mol. The second-order valence-electron chi connectivity index (χ2n) is 7.60. The van der Waals surface area contributed by atoms with E-state index in [1.165, 1.54) is 0 Å². The number of aliphatic hydroxyl groups is 1. The van der Waals surface area contributed by atoms with Crippen molar-refractivity contribution in [3.63, 3.8) is 0 Å². The molecule has 0 aromatic heterocycles. The van der Waals surface area contributed by atoms with E-state index in [1.54, 1.807) is 7.11 Å². The molecule has 2 amide bonds. The summed E-state index contributed by atoms with van der Waals surface area (Å²) in [5, 5.41) is 13.0. The number of β-amino-alcohol motifs (C(OH)–C–C–N with tert-alkyl or cyclic N) is 1. The second-order valence-corrected chi connectivity index (χ2v) is 7.60. The first kappa shape index (κ1) is 21.5. The van der Waals surface area contributed by atoms with Crippen molar-refractivity contribution >= 4 is 11.8 Å². The number of likely N-dealkylation sites (tertiary alicyclic amines) is 2. The number of carbonyl (C=O) groups excluding carboxylic acids is 2. The number of hydrogen-bond donors (Lipinski definition) is 2. The van der Waals surface area contributed by atoms with Crippen LogP contribution in [0.4, 0.5) is 0 Å². The Kier molecular flexibility index (Phi) is 7.85. The highest BCUT2D eigenvalue weighted by Crippen LogP contribution is 2.26. The van der Waals surface area contributed by atoms with Gasteiger partial charge >= 0.3 is 0 Å². The molecule has 2 heterocycles. The van der Waals surface area contributed by atoms with Gasteiger partial charge in [0.25, 0.3) is 5.91 Å². The zero-order chi connectivity index (χ0) is 20.6. The predicted octanol–water partition coefficient (Wildman–Crippen LogP) is 0.254. The summed E-state index contributed by atoms with van der Waals surface area (Å²) in [4.78, 5) is 28.9. The lowest BCUT2D eigenvalue weighted by molar-refractivity contribution is -0.136. The van der Waals surface area contributed by atoms with Crippen LogP contribution in [0.5, 0.6) is 5.75 Å². The normalized spacial score (nSPS) is 23.2. The molecule has 0 bridgehead atoms. The quantitative estimate of drug-likeness (QED) is 0.603. The van der Waals surface area contributed by atoms with E-state index in [0.717, 1.165) is 12.8 Å². The Bertz CT molecular complexity index is 664. The van der Waals surface area contributed by atoms with E-state index < -0.39 is 6.10 Å². The summed E-state index contributed by atoms with van der Waals surface area (Å²) in [6, 6.07) is 9.17. The minimum absolute atomic E-state index is 0.0254. The van der Waals surface area contributed by atoms with E-state index in [2.05, 4.69) is 10.2 Å². The number of nitrogens with one attached hydrogen (secondary N) is 1. The number of nitrogens with zero attached hydrogens (tertiary/aromatic N) is 2. The van der Waals surface area contributed by atoms with Crippen molar-refractivity contribution in [2.75, 3.05) is 46.5 Å². The Morgan fingerprint density at radius 3 is 2.62 bits per heavy atom. The smallest absolute Gasteiger partial charge is 0.260 e. The fraction of sp³-hybridized carbons (Fsp3) is 0.619. The summed E-state index contributed by atoms with van der Waals surface area (Å²) >= 11 is 0. The molecule has 8 nitrogen and oxygen atoms in total. The summed E-state index contributed by atoms with van der Waals surface area (Å²) in [5.74, 6) is 0.597. The molecule has 29 heavy (non-hydrogen) atoms. The zero-order valence-electron chi connectivity index (χ0n) is 17.0. The number of carbonyl (C=O) groups is 2. The van der Waals surface area contributed by atoms with Gasteiger partial charge in [-0.15, -0.1) is 0 Å². The van der Waals surface area contributed by atoms with Crippen molar-refractivity contribution in [2.45, 2.75) is 37.5 Å². The maximum atomic E-state index is 12.5. The highest BCUT2D eigenvalue weighted by atomic mass is 16.5. The van der Waals surface area contributed by atoms with Crippen LogP contribution in [0.2, 0.25) is 0 Å². The molecule has 3 rings (SSSR count). The number of amides is 2. The van der Waals surface area contributed by atoms with Crippen LogP contribution in [0.3, 0.4) is 0 Å². The fourth-order valence-corrected chi connectivity index (χ4v) is 4.09. The lowest BCUT2D eigenvalue weighted by atomic mass is 10.0. The Morgan fingerprint density at radius 1 is 1.21 bits per heavy atom. The van der Waals surface area contributed by atoms with Crippen LogP contribution in [0.15, 0.2) is 30.3 Å². The van der Waals surface area contributed by atoms with Crippen LogP contribution >= 0.6 is 0 Å². The minimum Gasteiger partial charge on any atom is -0.484 e. The van der Waals surface area contributed by atoms with Gasteiger partial charge in [-0.05, 0) is 31.4 Å². The van der Waals surface area contributed by atoms with Crippen LogP contribution in [0, 0.1) is 0 Å². The lowest BCUT2D eigenvalue weighted by Gasteiger charge is -2.38. The third-order valence-electron chi connectivity index (χ3n) is 5.62. The molecule has 2 saturated heterocycles. The molecule has 8 heteroatoms. The van der Waals surface area contributed by atoms with Crippen LogP contribution in [-0.4, -0.2) is 91.4 Å². The molecule has 1 aromatic carbocycles. The van der Waals surface area contributed by atoms with Gasteiger partial charge in [0.2, 0.25) is 5.91 Å². The SMILES string of the molecule is COCCNC(=O)[C@@H]1C[C@@H](O)CN1C1CCN(C(=O)COc2ccccc2)CC1. The molecule has 1 aromatic rings. The molecule has 0 unspecified atom stereocenters. The molecular formula is C21H31N3O5. The maximum absolute atomic E-state index is 12.5. The molecule has 2 aliphatic rings. The van der Waals surface area contributed by atoms with E-state index in [1.807, 2.05) is 35.2 Å². The Hall–Kier alpha value is -2.16. The van der Waals surface area contributed by atoms with Crippen molar-refractivity contribution in [1.29, 1.82) is 0 Å². The summed E-state index contributed by atoms with van der Waals surface area (Å²) in [6.45, 7) is 2.72. The number of benzene rings is 1. The monoisotopic (exact) mass is 405 g/mol. The standard InChI is InChI=1S/C21H31N3O5/c1-28-12-9-22-21(27)19-13-17(25)14-24(19)16-7-10-23(11-8-16)20(26)15-29-18-5-3-2-4-6-18/h2-6,16-17,19,25H,7-15H2,1H3,(H,22,27)/t17-,19+/m1/s1. The molecule has 160 valence electrons. The van der Waals surface area contributed by atoms with E-state index in [4.69, 9.17) is 9.47 Å². The maximum Gasteiger partial charge on any atom is 0.260 e. The molecule has 0 aliphatic carbocycles. The van der Waals surface area contributed by atoms with Crippen LogP contribution in [-0.2, 0) is 14.3 Å². The van der Waals surface area contributed by atoms with Crippen molar-refractivity contribution in [2.24, 2.45) is 0 Å². The summed E-state index contributed by atoms with van der Waals surface area (Å²) in [5.41, 5.74) is 0. The molecule has 2 N–H and O–H groups in total. The Labute approximate surface area is 171 Å². The van der Waals surface area contributed by atoms with Crippen LogP contribution in [0.1, 0.15) is 19.3 Å². The van der Waals surface area contributed by atoms with Gasteiger partial charge in [-0.1, -0.05) is 18.2 Å². The molecule has 0 spiro atoms. The van der Waals surface area contributed by atoms with E-state index >= 15 is 0 Å². The lowest BCUT2D eigenvalue weighted by Crippen LogP contribution is -2.52. The first-order valence-electron chi connectivity index (χ1n) is 10.2. The second kappa shape index (κ2) is 10.6. The highest BCUT2D eigenvalue weighted by molar-refractivity contribution is 5.82. The minimum atomic E-state index is -0.493. The largest absolute Gasteiger partial charge is 0.484 e. The highest BCUT2D eigenvalue weighted by Gasteiger charge is 2.40. The third-order valence-corrected chi connectivity index (χ3v) is 5.62. The summed E-state index contributed by atoms with van der Waals surface area (Å²) in [7, 11) is 1.59. The van der Waals surface area contributed by atoms with Gasteiger partial charge < -0.3 is 24.8 Å². The molecule has 0 radical (unpaired) electrons. The fourth-order valence-electron chi connectivity index (χ4n) is 4.09. The van der Waals surface area contributed by atoms with Gasteiger partial charge in [0.1, 0.15) is 5.75 Å². The van der Waals surface area contributed by atoms with Gasteiger partial charge in [0.15, 0.2) is 6.61 Å². The number of hydrogen-bond acceptors (Lipinski definition) is 6. The average molecular weight is 405 g/mol. The van der Waals surface area contributed by atoms with Crippen LogP contribution < -0.4 is 10.1 Å². The van der Waals surface area contributed by atoms with Gasteiger partial charge in [-0.3, -0.25) is 14.5 Å². The molecule has 2 aliphatic heterocycles. The van der Waals surface area contributed by atoms with Crippen molar-refractivity contribution in [3.8, 4) is 5.75 Å². The zero-order valence-corrected chi connectivity index (χ0v) is 17.0. The number of methoxy groups -OCH3 is 1. The van der Waals surface area contributed by atoms with Gasteiger partial charge in [0, 0.05) is 39.3 Å². The topological polar surface area (TPSA) is 91.3 Å². The van der Waals surface area contributed by atoms with Gasteiger partial charge in [0.05, 0.1) is 18.8 Å². The van der Waals surface area contributed by atoms with Gasteiger partial charge in [-0.25, -0.2) is 0 Å². The first-order valence-corrected chi connectivity index (χ1v) is 10.2. The molecule has 2 atom stereocenters. The Balaban J connectivity index is 1.47.